The molecule has 0 bridgehead atoms. The number of nitrogen functional groups attached to an aromatic ring is 1. The Morgan fingerprint density at radius 1 is 1.28 bits per heavy atom. The van der Waals surface area contributed by atoms with E-state index in [1.54, 1.807) is 25.1 Å². The van der Waals surface area contributed by atoms with Crippen molar-refractivity contribution in [2.24, 2.45) is 0 Å². The zero-order valence-corrected chi connectivity index (χ0v) is 10.3. The third-order valence-electron chi connectivity index (χ3n) is 2.39. The molecule has 0 amide bonds. The number of rotatable bonds is 3. The fourth-order valence-electron chi connectivity index (χ4n) is 1.67. The molecular weight excluding hydrogens is 233 g/mol. The Morgan fingerprint density at radius 2 is 2.06 bits per heavy atom. The van der Waals surface area contributed by atoms with Gasteiger partial charge < -0.3 is 10.5 Å². The van der Waals surface area contributed by atoms with Crippen molar-refractivity contribution >= 4 is 5.82 Å². The van der Waals surface area contributed by atoms with Gasteiger partial charge in [0.05, 0.1) is 12.3 Å². The van der Waals surface area contributed by atoms with E-state index in [9.17, 15) is 4.39 Å². The maximum atomic E-state index is 13.7. The van der Waals surface area contributed by atoms with Gasteiger partial charge in [-0.05, 0) is 32.0 Å². The van der Waals surface area contributed by atoms with E-state index in [0.717, 1.165) is 0 Å². The molecule has 2 rings (SSSR count). The van der Waals surface area contributed by atoms with Crippen molar-refractivity contribution in [2.75, 3.05) is 12.3 Å². The Kier molecular flexibility index (Phi) is 3.41. The second-order valence-corrected chi connectivity index (χ2v) is 3.80. The zero-order valence-electron chi connectivity index (χ0n) is 10.3. The van der Waals surface area contributed by atoms with Crippen molar-refractivity contribution in [1.29, 1.82) is 0 Å². The Morgan fingerprint density at radius 3 is 2.67 bits per heavy atom. The van der Waals surface area contributed by atoms with E-state index >= 15 is 0 Å². The van der Waals surface area contributed by atoms with E-state index in [-0.39, 0.29) is 5.75 Å². The van der Waals surface area contributed by atoms with Crippen LogP contribution < -0.4 is 10.5 Å². The lowest BCUT2D eigenvalue weighted by Gasteiger charge is -2.07. The van der Waals surface area contributed by atoms with Crippen molar-refractivity contribution < 1.29 is 9.13 Å². The summed E-state index contributed by atoms with van der Waals surface area (Å²) in [5, 5.41) is 0. The number of hydrogen-bond acceptors (Lipinski definition) is 4. The van der Waals surface area contributed by atoms with E-state index in [2.05, 4.69) is 9.97 Å². The highest BCUT2D eigenvalue weighted by atomic mass is 19.1. The molecule has 18 heavy (non-hydrogen) atoms. The van der Waals surface area contributed by atoms with Gasteiger partial charge >= 0.3 is 0 Å². The van der Waals surface area contributed by atoms with Gasteiger partial charge in [0.1, 0.15) is 11.6 Å². The fourth-order valence-corrected chi connectivity index (χ4v) is 1.67. The third kappa shape index (κ3) is 2.56. The number of nitrogens with zero attached hydrogens (tertiary/aromatic N) is 2. The number of nitrogens with two attached hydrogens (primary N) is 1. The average Bonchev–Trinajstić information content (AvgIpc) is 2.30. The fraction of sp³-hybridized carbons (Fsp3) is 0.231. The van der Waals surface area contributed by atoms with Gasteiger partial charge in [0.25, 0.3) is 0 Å². The van der Waals surface area contributed by atoms with Crippen LogP contribution in [-0.2, 0) is 0 Å². The second kappa shape index (κ2) is 5.00. The second-order valence-electron chi connectivity index (χ2n) is 3.80. The van der Waals surface area contributed by atoms with E-state index in [1.807, 2.05) is 6.92 Å². The number of anilines is 1. The molecule has 5 heteroatoms. The van der Waals surface area contributed by atoms with Crippen LogP contribution in [0, 0.1) is 12.7 Å². The summed E-state index contributed by atoms with van der Waals surface area (Å²) in [4.78, 5) is 8.20. The van der Waals surface area contributed by atoms with Gasteiger partial charge in [0.15, 0.2) is 11.6 Å². The summed E-state index contributed by atoms with van der Waals surface area (Å²) in [7, 11) is 0. The number of benzene rings is 1. The lowest BCUT2D eigenvalue weighted by molar-refractivity contribution is 0.321. The molecule has 0 radical (unpaired) electrons. The summed E-state index contributed by atoms with van der Waals surface area (Å²) < 4.78 is 18.9. The van der Waals surface area contributed by atoms with Gasteiger partial charge in [-0.15, -0.1) is 0 Å². The van der Waals surface area contributed by atoms with E-state index in [1.165, 1.54) is 6.07 Å². The van der Waals surface area contributed by atoms with Crippen LogP contribution in [0.5, 0.6) is 5.75 Å². The highest BCUT2D eigenvalue weighted by molar-refractivity contribution is 5.62. The van der Waals surface area contributed by atoms with E-state index < -0.39 is 5.82 Å². The molecule has 0 atom stereocenters. The number of halogens is 1. The summed E-state index contributed by atoms with van der Waals surface area (Å²) >= 11 is 0. The van der Waals surface area contributed by atoms with Crippen molar-refractivity contribution in [2.45, 2.75) is 13.8 Å². The SMILES string of the molecule is CCOc1ccc(-c2cc(N)nc(C)n2)cc1F. The van der Waals surface area contributed by atoms with Crippen LogP contribution in [0.3, 0.4) is 0 Å². The first-order valence-electron chi connectivity index (χ1n) is 5.64. The molecule has 1 aromatic carbocycles. The largest absolute Gasteiger partial charge is 0.491 e. The molecule has 0 unspecified atom stereocenters. The van der Waals surface area contributed by atoms with Gasteiger partial charge in [0.2, 0.25) is 0 Å². The van der Waals surface area contributed by atoms with Crippen molar-refractivity contribution in [3.05, 3.63) is 35.9 Å². The Balaban J connectivity index is 2.42. The van der Waals surface area contributed by atoms with Gasteiger partial charge in [0, 0.05) is 11.6 Å². The first kappa shape index (κ1) is 12.3. The monoisotopic (exact) mass is 247 g/mol. The molecule has 0 aliphatic carbocycles. The molecule has 0 fully saturated rings. The summed E-state index contributed by atoms with van der Waals surface area (Å²) in [5.41, 5.74) is 6.89. The minimum Gasteiger partial charge on any atom is -0.491 e. The summed E-state index contributed by atoms with van der Waals surface area (Å²) in [5.74, 6) is 0.746. The van der Waals surface area contributed by atoms with Crippen LogP contribution in [0.25, 0.3) is 11.3 Å². The smallest absolute Gasteiger partial charge is 0.165 e. The van der Waals surface area contributed by atoms with Crippen molar-refractivity contribution in [3.8, 4) is 17.0 Å². The van der Waals surface area contributed by atoms with Gasteiger partial charge in [-0.2, -0.15) is 0 Å². The minimum atomic E-state index is -0.413. The normalized spacial score (nSPS) is 10.4. The quantitative estimate of drug-likeness (QED) is 0.905. The maximum Gasteiger partial charge on any atom is 0.165 e. The van der Waals surface area contributed by atoms with Gasteiger partial charge in [-0.25, -0.2) is 14.4 Å². The maximum absolute atomic E-state index is 13.7. The third-order valence-corrected chi connectivity index (χ3v) is 2.39. The highest BCUT2D eigenvalue weighted by Crippen LogP contribution is 2.25. The van der Waals surface area contributed by atoms with Crippen LogP contribution in [0.2, 0.25) is 0 Å². The lowest BCUT2D eigenvalue weighted by atomic mass is 10.1. The highest BCUT2D eigenvalue weighted by Gasteiger charge is 2.08. The molecule has 0 saturated heterocycles. The number of aromatic nitrogens is 2. The Hall–Kier alpha value is -2.17. The van der Waals surface area contributed by atoms with E-state index in [4.69, 9.17) is 10.5 Å². The lowest BCUT2D eigenvalue weighted by Crippen LogP contribution is -1.98. The van der Waals surface area contributed by atoms with Gasteiger partial charge in [-0.1, -0.05) is 0 Å². The molecule has 0 aliphatic heterocycles. The molecule has 4 nitrogen and oxygen atoms in total. The molecule has 94 valence electrons. The number of aryl methyl sites for hydroxylation is 1. The van der Waals surface area contributed by atoms with Crippen LogP contribution in [0.1, 0.15) is 12.7 Å². The number of ether oxygens (including phenoxy) is 1. The Bertz CT molecular complexity index is 552. The minimum absolute atomic E-state index is 0.236. The Labute approximate surface area is 105 Å². The zero-order chi connectivity index (χ0) is 13.1. The van der Waals surface area contributed by atoms with Gasteiger partial charge in [-0.3, -0.25) is 0 Å². The summed E-state index contributed by atoms with van der Waals surface area (Å²) in [6, 6.07) is 6.32. The van der Waals surface area contributed by atoms with Crippen LogP contribution >= 0.6 is 0 Å². The van der Waals surface area contributed by atoms with Crippen LogP contribution in [0.4, 0.5) is 10.2 Å². The summed E-state index contributed by atoms with van der Waals surface area (Å²) in [6.07, 6.45) is 0. The predicted octanol–water partition coefficient (Wildman–Crippen LogP) is 2.57. The average molecular weight is 247 g/mol. The van der Waals surface area contributed by atoms with Crippen LogP contribution in [-0.4, -0.2) is 16.6 Å². The molecule has 2 N–H and O–H groups in total. The molecule has 0 spiro atoms. The first-order valence-corrected chi connectivity index (χ1v) is 5.64. The predicted molar refractivity (Wildman–Crippen MR) is 67.7 cm³/mol. The summed E-state index contributed by atoms with van der Waals surface area (Å²) in [6.45, 7) is 3.97. The number of hydrogen-bond donors (Lipinski definition) is 1. The van der Waals surface area contributed by atoms with Crippen molar-refractivity contribution in [3.63, 3.8) is 0 Å². The standard InChI is InChI=1S/C13H14FN3O/c1-3-18-12-5-4-9(6-10(12)14)11-7-13(15)17-8(2)16-11/h4-7H,3H2,1-2H3,(H2,15,16,17). The molecule has 2 aromatic rings. The molecule has 0 aliphatic rings. The molecule has 1 aromatic heterocycles. The molecular formula is C13H14FN3O. The van der Waals surface area contributed by atoms with Crippen molar-refractivity contribution in [1.82, 2.24) is 9.97 Å². The molecule has 0 saturated carbocycles. The topological polar surface area (TPSA) is 61.0 Å². The van der Waals surface area contributed by atoms with E-state index in [0.29, 0.717) is 29.5 Å². The first-order chi connectivity index (χ1) is 8.60. The van der Waals surface area contributed by atoms with Crippen LogP contribution in [0.15, 0.2) is 24.3 Å². The molecule has 1 heterocycles.